The molecular weight excluding hydrogens is 460 g/mol. The van der Waals surface area contributed by atoms with Gasteiger partial charge in [0.25, 0.3) is 9.70 Å². The summed E-state index contributed by atoms with van der Waals surface area (Å²) in [6, 6.07) is 4.08. The van der Waals surface area contributed by atoms with Crippen molar-refractivity contribution in [1.29, 1.82) is 0 Å². The highest BCUT2D eigenvalue weighted by atomic mass is 127. The highest BCUT2D eigenvalue weighted by Crippen LogP contribution is 2.24. The number of carbonyl (C=O) groups excluding carboxylic acids is 2. The molecule has 1 aromatic carbocycles. The van der Waals surface area contributed by atoms with Crippen LogP contribution in [-0.2, 0) is 4.79 Å². The van der Waals surface area contributed by atoms with Gasteiger partial charge in [0.05, 0.1) is 5.56 Å². The Kier molecular flexibility index (Phi) is 4.86. The van der Waals surface area contributed by atoms with Crippen molar-refractivity contribution in [3.63, 3.8) is 0 Å². The van der Waals surface area contributed by atoms with Gasteiger partial charge in [-0.25, -0.2) is 9.37 Å². The molecule has 0 saturated carbocycles. The molecule has 1 atom stereocenters. The van der Waals surface area contributed by atoms with Gasteiger partial charge in [0.1, 0.15) is 5.82 Å². The molecule has 0 unspecified atom stereocenters. The fourth-order valence-electron chi connectivity index (χ4n) is 2.33. The summed E-state index contributed by atoms with van der Waals surface area (Å²) in [4.78, 5) is 28.6. The van der Waals surface area contributed by atoms with Crippen LogP contribution in [0.25, 0.3) is 11.4 Å². The molecule has 2 heterocycles. The van der Waals surface area contributed by atoms with E-state index >= 15 is 0 Å². The summed E-state index contributed by atoms with van der Waals surface area (Å²) < 4.78 is 17.8. The Labute approximate surface area is 160 Å². The van der Waals surface area contributed by atoms with Crippen molar-refractivity contribution in [2.24, 2.45) is 0 Å². The maximum absolute atomic E-state index is 14.1. The van der Waals surface area contributed by atoms with E-state index in [1.807, 2.05) is 0 Å². The Balaban J connectivity index is 1.94. The molecule has 128 valence electrons. The van der Waals surface area contributed by atoms with Crippen molar-refractivity contribution < 1.29 is 19.1 Å². The van der Waals surface area contributed by atoms with Gasteiger partial charge >= 0.3 is 0 Å². The highest BCUT2D eigenvalue weighted by Gasteiger charge is 2.42. The first kappa shape index (κ1) is 17.9. The molecule has 6 nitrogen and oxygen atoms in total. The number of hydrogen-bond donors (Lipinski definition) is 1. The summed E-state index contributed by atoms with van der Waals surface area (Å²) in [6.45, 7) is 0.425. The van der Waals surface area contributed by atoms with Gasteiger partial charge in [-0.1, -0.05) is 11.8 Å². The van der Waals surface area contributed by atoms with Gasteiger partial charge in [-0.05, 0) is 29.7 Å². The molecule has 9 heteroatoms. The summed E-state index contributed by atoms with van der Waals surface area (Å²) >= 11 is 2.48. The van der Waals surface area contributed by atoms with Gasteiger partial charge in [-0.15, -0.1) is 0 Å². The lowest BCUT2D eigenvalue weighted by Gasteiger charge is -2.13. The van der Waals surface area contributed by atoms with Gasteiger partial charge < -0.3 is 10.0 Å². The minimum absolute atomic E-state index is 0.0987. The SMILES string of the molecule is CN1CC[C@@](O)(C#Cc2ccc(F)c(-c3nsc(C(=O)I)n3)c2)C1=O. The number of aromatic nitrogens is 2. The number of rotatable bonds is 2. The van der Waals surface area contributed by atoms with E-state index in [9.17, 15) is 19.1 Å². The third kappa shape index (κ3) is 3.56. The molecule has 1 amide bonds. The number of aliphatic hydroxyl groups is 1. The van der Waals surface area contributed by atoms with E-state index < -0.39 is 17.3 Å². The van der Waals surface area contributed by atoms with Crippen LogP contribution < -0.4 is 0 Å². The van der Waals surface area contributed by atoms with E-state index in [0.29, 0.717) is 12.1 Å². The van der Waals surface area contributed by atoms with Crippen LogP contribution in [0.2, 0.25) is 0 Å². The molecule has 1 aliphatic heterocycles. The summed E-state index contributed by atoms with van der Waals surface area (Å²) in [6.07, 6.45) is 0.220. The first-order chi connectivity index (χ1) is 11.8. The second-order valence-corrected chi connectivity index (χ2v) is 7.21. The van der Waals surface area contributed by atoms with Crippen LogP contribution in [0.1, 0.15) is 21.8 Å². The van der Waals surface area contributed by atoms with E-state index in [0.717, 1.165) is 11.5 Å². The van der Waals surface area contributed by atoms with E-state index in [1.165, 1.54) is 23.1 Å². The molecule has 0 bridgehead atoms. The fourth-order valence-corrected chi connectivity index (χ4v) is 3.26. The lowest BCUT2D eigenvalue weighted by molar-refractivity contribution is -0.137. The average molecular weight is 471 g/mol. The van der Waals surface area contributed by atoms with Crippen LogP contribution in [-0.4, -0.2) is 48.3 Å². The summed E-state index contributed by atoms with van der Waals surface area (Å²) in [5, 5.41) is 10.5. The predicted molar refractivity (Wildman–Crippen MR) is 97.7 cm³/mol. The molecule has 0 spiro atoms. The topological polar surface area (TPSA) is 83.4 Å². The average Bonchev–Trinajstić information content (AvgIpc) is 3.16. The number of benzene rings is 1. The molecule has 0 aliphatic carbocycles. The normalized spacial score (nSPS) is 19.7. The quantitative estimate of drug-likeness (QED) is 0.411. The van der Waals surface area contributed by atoms with E-state index in [4.69, 9.17) is 0 Å². The predicted octanol–water partition coefficient (Wildman–Crippen LogP) is 1.86. The van der Waals surface area contributed by atoms with Crippen molar-refractivity contribution >= 4 is 43.8 Å². The molecule has 1 saturated heterocycles. The zero-order chi connectivity index (χ0) is 18.2. The number of amides is 1. The summed E-state index contributed by atoms with van der Waals surface area (Å²) in [5.74, 6) is 4.38. The Morgan fingerprint density at radius 1 is 1.52 bits per heavy atom. The van der Waals surface area contributed by atoms with Crippen LogP contribution >= 0.6 is 34.1 Å². The Bertz CT molecular complexity index is 936. The maximum Gasteiger partial charge on any atom is 0.267 e. The molecule has 0 radical (unpaired) electrons. The van der Waals surface area contributed by atoms with E-state index in [-0.39, 0.29) is 26.6 Å². The van der Waals surface area contributed by atoms with Gasteiger partial charge in [0.15, 0.2) is 10.8 Å². The van der Waals surface area contributed by atoms with Gasteiger partial charge in [-0.3, -0.25) is 9.59 Å². The molecule has 25 heavy (non-hydrogen) atoms. The van der Waals surface area contributed by atoms with E-state index in [1.54, 1.807) is 29.6 Å². The standard InChI is InChI=1S/C16H11FIN3O3S/c1-21-7-6-16(24,15(21)23)5-4-9-2-3-11(17)10(8-9)13-19-14(12(18)22)25-20-13/h2-3,8,24H,6-7H2,1H3/t16-/m0/s1. The minimum Gasteiger partial charge on any atom is -0.369 e. The Morgan fingerprint density at radius 2 is 2.28 bits per heavy atom. The van der Waals surface area contributed by atoms with Crippen LogP contribution in [0.5, 0.6) is 0 Å². The number of likely N-dealkylation sites (N-methyl/N-ethyl adjacent to an activating group) is 1. The molecule has 1 fully saturated rings. The lowest BCUT2D eigenvalue weighted by Crippen LogP contribution is -2.37. The molecule has 1 aromatic heterocycles. The van der Waals surface area contributed by atoms with Gasteiger partial charge in [-0.2, -0.15) is 4.37 Å². The van der Waals surface area contributed by atoms with Crippen LogP contribution in [0, 0.1) is 17.7 Å². The van der Waals surface area contributed by atoms with Crippen LogP contribution in [0.15, 0.2) is 18.2 Å². The number of halogens is 2. The second kappa shape index (κ2) is 6.78. The molecule has 3 rings (SSSR count). The number of nitrogens with zero attached hydrogens (tertiary/aromatic N) is 3. The number of carbonyl (C=O) groups is 2. The highest BCUT2D eigenvalue weighted by molar-refractivity contribution is 14.1. The van der Waals surface area contributed by atoms with Crippen molar-refractivity contribution in [2.75, 3.05) is 13.6 Å². The zero-order valence-corrected chi connectivity index (χ0v) is 15.9. The largest absolute Gasteiger partial charge is 0.369 e. The van der Waals surface area contributed by atoms with Gasteiger partial charge in [0.2, 0.25) is 5.60 Å². The smallest absolute Gasteiger partial charge is 0.267 e. The maximum atomic E-state index is 14.1. The molecule has 1 N–H and O–H groups in total. The van der Waals surface area contributed by atoms with Crippen molar-refractivity contribution in [3.8, 4) is 23.2 Å². The van der Waals surface area contributed by atoms with E-state index in [2.05, 4.69) is 21.2 Å². The number of hydrogen-bond acceptors (Lipinski definition) is 6. The summed E-state index contributed by atoms with van der Waals surface area (Å²) in [5.41, 5.74) is -1.21. The molecule has 1 aliphatic rings. The molecular formula is C16H11FIN3O3S. The zero-order valence-electron chi connectivity index (χ0n) is 12.9. The summed E-state index contributed by atoms with van der Waals surface area (Å²) in [7, 11) is 1.60. The first-order valence-corrected chi connectivity index (χ1v) is 9.00. The lowest BCUT2D eigenvalue weighted by atomic mass is 10.0. The van der Waals surface area contributed by atoms with Crippen molar-refractivity contribution in [1.82, 2.24) is 14.3 Å². The van der Waals surface area contributed by atoms with Crippen LogP contribution in [0.4, 0.5) is 4.39 Å². The minimum atomic E-state index is -1.72. The number of likely N-dealkylation sites (tertiary alicyclic amines) is 1. The second-order valence-electron chi connectivity index (χ2n) is 5.48. The third-order valence-electron chi connectivity index (χ3n) is 3.72. The third-order valence-corrected chi connectivity index (χ3v) is 5.32. The van der Waals surface area contributed by atoms with Crippen LogP contribution in [0.3, 0.4) is 0 Å². The monoisotopic (exact) mass is 471 g/mol. The Morgan fingerprint density at radius 3 is 2.88 bits per heavy atom. The Hall–Kier alpha value is -1.90. The van der Waals surface area contributed by atoms with Crippen molar-refractivity contribution in [2.45, 2.75) is 12.0 Å². The van der Waals surface area contributed by atoms with Crippen molar-refractivity contribution in [3.05, 3.63) is 34.6 Å². The first-order valence-electron chi connectivity index (χ1n) is 7.15. The molecule has 2 aromatic rings. The fraction of sp³-hybridized carbons (Fsp3) is 0.250. The van der Waals surface area contributed by atoms with Gasteiger partial charge in [0, 0.05) is 48.2 Å².